The van der Waals surface area contributed by atoms with E-state index in [9.17, 15) is 13.2 Å². The number of hydrogen-bond acceptors (Lipinski definition) is 4. The second-order valence-corrected chi connectivity index (χ2v) is 7.48. The number of sulfone groups is 1. The van der Waals surface area contributed by atoms with Crippen molar-refractivity contribution in [3.8, 4) is 0 Å². The Morgan fingerprint density at radius 1 is 1.15 bits per heavy atom. The summed E-state index contributed by atoms with van der Waals surface area (Å²) in [7, 11) is -2.17. The van der Waals surface area contributed by atoms with E-state index >= 15 is 0 Å². The van der Waals surface area contributed by atoms with Gasteiger partial charge in [0.1, 0.15) is 0 Å². The van der Waals surface area contributed by atoms with Crippen LogP contribution in [0.3, 0.4) is 0 Å². The van der Waals surface area contributed by atoms with Crippen LogP contribution in [0.2, 0.25) is 0 Å². The Hall–Kier alpha value is -1.36. The van der Waals surface area contributed by atoms with Crippen LogP contribution in [0.15, 0.2) is 29.2 Å². The summed E-state index contributed by atoms with van der Waals surface area (Å²) < 4.78 is 30.2. The second kappa shape index (κ2) is 5.95. The molecule has 1 aliphatic carbocycles. The maximum atomic E-state index is 12.7. The van der Waals surface area contributed by atoms with Crippen LogP contribution in [0.5, 0.6) is 0 Å². The first kappa shape index (κ1) is 15.0. The lowest BCUT2D eigenvalue weighted by Gasteiger charge is -2.29. The van der Waals surface area contributed by atoms with Gasteiger partial charge in [0.25, 0.3) is 0 Å². The van der Waals surface area contributed by atoms with Crippen molar-refractivity contribution >= 4 is 15.8 Å². The number of aryl methyl sites for hydroxylation is 1. The van der Waals surface area contributed by atoms with Gasteiger partial charge < -0.3 is 4.74 Å². The molecule has 2 rings (SSSR count). The van der Waals surface area contributed by atoms with Crippen LogP contribution in [0, 0.1) is 12.8 Å². The standard InChI is InChI=1S/C15H20O4S/c1-11-7-9-12(10-8-11)20(17,18)14-6-4-3-5-13(14)15(16)19-2/h7-10,13-14H,3-6H2,1-2H3. The first-order chi connectivity index (χ1) is 9.46. The van der Waals surface area contributed by atoms with Gasteiger partial charge in [-0.25, -0.2) is 8.42 Å². The van der Waals surface area contributed by atoms with Crippen molar-refractivity contribution in [3.05, 3.63) is 29.8 Å². The zero-order chi connectivity index (χ0) is 14.8. The zero-order valence-electron chi connectivity index (χ0n) is 11.8. The largest absolute Gasteiger partial charge is 0.469 e. The van der Waals surface area contributed by atoms with E-state index in [1.165, 1.54) is 7.11 Å². The quantitative estimate of drug-likeness (QED) is 0.804. The van der Waals surface area contributed by atoms with Crippen molar-refractivity contribution in [2.75, 3.05) is 7.11 Å². The van der Waals surface area contributed by atoms with Crippen LogP contribution < -0.4 is 0 Å². The first-order valence-corrected chi connectivity index (χ1v) is 8.40. The highest BCUT2D eigenvalue weighted by Crippen LogP contribution is 2.34. The first-order valence-electron chi connectivity index (χ1n) is 6.85. The Balaban J connectivity index is 2.35. The van der Waals surface area contributed by atoms with Crippen LogP contribution in [0.1, 0.15) is 31.2 Å². The second-order valence-electron chi connectivity index (χ2n) is 5.31. The van der Waals surface area contributed by atoms with Gasteiger partial charge in [0.2, 0.25) is 0 Å². The van der Waals surface area contributed by atoms with Crippen LogP contribution in [0.25, 0.3) is 0 Å². The zero-order valence-corrected chi connectivity index (χ0v) is 12.7. The maximum absolute atomic E-state index is 12.7. The van der Waals surface area contributed by atoms with Crippen molar-refractivity contribution < 1.29 is 17.9 Å². The molecule has 4 nitrogen and oxygen atoms in total. The van der Waals surface area contributed by atoms with E-state index in [1.807, 2.05) is 6.92 Å². The monoisotopic (exact) mass is 296 g/mol. The number of benzene rings is 1. The third-order valence-corrected chi connectivity index (χ3v) is 6.25. The summed E-state index contributed by atoms with van der Waals surface area (Å²) in [6.07, 6.45) is 2.82. The van der Waals surface area contributed by atoms with E-state index in [1.54, 1.807) is 24.3 Å². The van der Waals surface area contributed by atoms with Gasteiger partial charge in [0, 0.05) is 0 Å². The third-order valence-electron chi connectivity index (χ3n) is 3.95. The fourth-order valence-electron chi connectivity index (χ4n) is 2.79. The Labute approximate surface area is 120 Å². The van der Waals surface area contributed by atoms with Crippen molar-refractivity contribution in [2.24, 2.45) is 5.92 Å². The molecule has 1 saturated carbocycles. The molecule has 1 aliphatic rings. The van der Waals surface area contributed by atoms with E-state index in [0.29, 0.717) is 17.7 Å². The lowest BCUT2D eigenvalue weighted by atomic mass is 9.89. The number of carbonyl (C=O) groups is 1. The summed E-state index contributed by atoms with van der Waals surface area (Å²) >= 11 is 0. The molecular weight excluding hydrogens is 276 g/mol. The van der Waals surface area contributed by atoms with E-state index in [4.69, 9.17) is 4.74 Å². The molecule has 1 aromatic rings. The Kier molecular flexibility index (Phi) is 4.48. The van der Waals surface area contributed by atoms with Gasteiger partial charge in [-0.2, -0.15) is 0 Å². The minimum atomic E-state index is -3.48. The molecule has 2 unspecified atom stereocenters. The fourth-order valence-corrected chi connectivity index (χ4v) is 4.81. The number of methoxy groups -OCH3 is 1. The van der Waals surface area contributed by atoms with Gasteiger partial charge >= 0.3 is 5.97 Å². The predicted octanol–water partition coefficient (Wildman–Crippen LogP) is 2.50. The van der Waals surface area contributed by atoms with E-state index in [-0.39, 0.29) is 0 Å². The highest BCUT2D eigenvalue weighted by molar-refractivity contribution is 7.92. The maximum Gasteiger partial charge on any atom is 0.309 e. The summed E-state index contributed by atoms with van der Waals surface area (Å²) in [6.45, 7) is 1.91. The van der Waals surface area contributed by atoms with Crippen LogP contribution in [-0.4, -0.2) is 26.7 Å². The molecule has 1 fully saturated rings. The van der Waals surface area contributed by atoms with Gasteiger partial charge in [0.15, 0.2) is 9.84 Å². The number of carbonyl (C=O) groups excluding carboxylic acids is 1. The number of rotatable bonds is 3. The van der Waals surface area contributed by atoms with Crippen molar-refractivity contribution in [2.45, 2.75) is 42.8 Å². The highest BCUT2D eigenvalue weighted by atomic mass is 32.2. The smallest absolute Gasteiger partial charge is 0.309 e. The number of esters is 1. The molecule has 110 valence electrons. The van der Waals surface area contributed by atoms with Crippen molar-refractivity contribution in [3.63, 3.8) is 0 Å². The average Bonchev–Trinajstić information content (AvgIpc) is 2.47. The minimum absolute atomic E-state index is 0.295. The summed E-state index contributed by atoms with van der Waals surface area (Å²) in [4.78, 5) is 12.1. The lowest BCUT2D eigenvalue weighted by Crippen LogP contribution is -2.38. The van der Waals surface area contributed by atoms with E-state index in [2.05, 4.69) is 0 Å². The van der Waals surface area contributed by atoms with Gasteiger partial charge in [-0.15, -0.1) is 0 Å². The molecule has 0 N–H and O–H groups in total. The summed E-state index contributed by atoms with van der Waals surface area (Å²) in [5.74, 6) is -0.953. The predicted molar refractivity (Wildman–Crippen MR) is 76.1 cm³/mol. The Morgan fingerprint density at radius 3 is 2.35 bits per heavy atom. The summed E-state index contributed by atoms with van der Waals surface area (Å²) in [5, 5.41) is -0.661. The van der Waals surface area contributed by atoms with Gasteiger partial charge in [0.05, 0.1) is 23.2 Å². The van der Waals surface area contributed by atoms with Crippen LogP contribution in [0.4, 0.5) is 0 Å². The van der Waals surface area contributed by atoms with E-state index < -0.39 is 27.0 Å². The van der Waals surface area contributed by atoms with Gasteiger partial charge in [-0.3, -0.25) is 4.79 Å². The van der Waals surface area contributed by atoms with E-state index in [0.717, 1.165) is 18.4 Å². The van der Waals surface area contributed by atoms with Crippen LogP contribution in [-0.2, 0) is 19.4 Å². The Morgan fingerprint density at radius 2 is 1.75 bits per heavy atom. The lowest BCUT2D eigenvalue weighted by molar-refractivity contribution is -0.146. The van der Waals surface area contributed by atoms with Crippen molar-refractivity contribution in [1.29, 1.82) is 0 Å². The van der Waals surface area contributed by atoms with Crippen molar-refractivity contribution in [1.82, 2.24) is 0 Å². The molecule has 5 heteroatoms. The molecule has 0 bridgehead atoms. The topological polar surface area (TPSA) is 60.4 Å². The summed E-state index contributed by atoms with van der Waals surface area (Å²) in [5.41, 5.74) is 1.01. The van der Waals surface area contributed by atoms with Crippen LogP contribution >= 0.6 is 0 Å². The molecule has 1 aromatic carbocycles. The van der Waals surface area contributed by atoms with Gasteiger partial charge in [-0.1, -0.05) is 30.5 Å². The number of hydrogen-bond donors (Lipinski definition) is 0. The molecule has 2 atom stereocenters. The average molecular weight is 296 g/mol. The normalized spacial score (nSPS) is 23.3. The molecule has 0 saturated heterocycles. The molecule has 0 spiro atoms. The molecule has 0 amide bonds. The highest BCUT2D eigenvalue weighted by Gasteiger charge is 2.40. The molecule has 20 heavy (non-hydrogen) atoms. The molecule has 0 heterocycles. The summed E-state index contributed by atoms with van der Waals surface area (Å²) in [6, 6.07) is 6.80. The molecule has 0 aromatic heterocycles. The molecule has 0 radical (unpaired) electrons. The number of ether oxygens (including phenoxy) is 1. The molecular formula is C15H20O4S. The third kappa shape index (κ3) is 2.87. The fraction of sp³-hybridized carbons (Fsp3) is 0.533. The molecule has 0 aliphatic heterocycles. The Bertz CT molecular complexity index is 574. The minimum Gasteiger partial charge on any atom is -0.469 e. The SMILES string of the molecule is COC(=O)C1CCCCC1S(=O)(=O)c1ccc(C)cc1. The van der Waals surface area contributed by atoms with Gasteiger partial charge in [-0.05, 0) is 31.9 Å².